The fourth-order valence-corrected chi connectivity index (χ4v) is 5.67. The van der Waals surface area contributed by atoms with Gasteiger partial charge in [-0.05, 0) is 18.8 Å². The van der Waals surface area contributed by atoms with Crippen LogP contribution in [0.1, 0.15) is 38.1 Å². The van der Waals surface area contributed by atoms with Gasteiger partial charge in [0.2, 0.25) is 5.92 Å². The number of nitriles is 1. The molecule has 2 aromatic heterocycles. The van der Waals surface area contributed by atoms with Crippen molar-refractivity contribution >= 4 is 39.6 Å². The van der Waals surface area contributed by atoms with Crippen molar-refractivity contribution in [1.29, 1.82) is 5.26 Å². The molecule has 0 radical (unpaired) electrons. The molecule has 3 N–H and O–H groups in total. The van der Waals surface area contributed by atoms with Gasteiger partial charge in [0.15, 0.2) is 20.8 Å². The van der Waals surface area contributed by atoms with Crippen LogP contribution in [0.3, 0.4) is 0 Å². The van der Waals surface area contributed by atoms with Gasteiger partial charge in [-0.3, -0.25) is 0 Å². The lowest BCUT2D eigenvalue weighted by molar-refractivity contribution is -0.0165. The quantitative estimate of drug-likeness (QED) is 0.421. The first kappa shape index (κ1) is 19.3. The molecule has 0 amide bonds. The van der Waals surface area contributed by atoms with E-state index in [9.17, 15) is 19.0 Å². The first-order chi connectivity index (χ1) is 13.8. The maximum Gasteiger partial charge on any atom is 0.250 e. The minimum atomic E-state index is -2.67. The molecule has 3 fully saturated rings. The summed E-state index contributed by atoms with van der Waals surface area (Å²) in [5.41, 5.74) is 0.347. The minimum Gasteiger partial charge on any atom is -0.390 e. The number of hydrogen-bond acceptors (Lipinski definition) is 7. The van der Waals surface area contributed by atoms with Crippen molar-refractivity contribution in [3.8, 4) is 6.07 Å². The molecule has 0 unspecified atom stereocenters. The normalized spacial score (nSPS) is 37.4. The predicted octanol–water partition coefficient (Wildman–Crippen LogP) is 2.23. The third-order valence-corrected chi connectivity index (χ3v) is 7.20. The smallest absolute Gasteiger partial charge is 0.250 e. The molecule has 29 heavy (non-hydrogen) atoms. The van der Waals surface area contributed by atoms with Crippen molar-refractivity contribution in [2.45, 2.75) is 62.3 Å². The van der Waals surface area contributed by atoms with E-state index in [1.165, 1.54) is 0 Å². The van der Waals surface area contributed by atoms with Gasteiger partial charge in [0.1, 0.15) is 6.10 Å². The molecule has 0 aliphatic heterocycles. The summed E-state index contributed by atoms with van der Waals surface area (Å²) < 4.78 is 29.3. The number of aliphatic hydroxyl groups excluding tert-OH is 2. The Labute approximate surface area is 178 Å². The van der Waals surface area contributed by atoms with E-state index in [2.05, 4.69) is 26.3 Å². The average molecular weight is 516 g/mol. The van der Waals surface area contributed by atoms with Crippen LogP contribution in [0, 0.1) is 26.5 Å². The molecular formula is C18H19F2IN6O2. The Morgan fingerprint density at radius 2 is 2.14 bits per heavy atom. The second-order valence-corrected chi connectivity index (χ2v) is 9.37. The zero-order valence-electron chi connectivity index (χ0n) is 15.3. The Bertz CT molecular complexity index is 1030. The standard InChI is InChI=1S/C18H19F2IN6O2/c19-18(20)2-1-8(5-18)24-14-10-15(26-16(21)25-14)27(7-23-10)11-9-6-17(9,3-4-22)13(29)12(11)28/h7-9,11-13,28-29H,1-3,5-6H2,(H,24,25,26)/t8-,9-,11-,12+,13+,17-/m1/s1. The number of nitrogens with zero attached hydrogens (tertiary/aromatic N) is 5. The van der Waals surface area contributed by atoms with E-state index in [4.69, 9.17) is 5.26 Å². The second-order valence-electron chi connectivity index (χ2n) is 8.41. The van der Waals surface area contributed by atoms with Gasteiger partial charge in [0.25, 0.3) is 0 Å². The van der Waals surface area contributed by atoms with Gasteiger partial charge in [-0.25, -0.2) is 23.7 Å². The number of anilines is 1. The zero-order chi connectivity index (χ0) is 20.6. The fraction of sp³-hybridized carbons (Fsp3) is 0.667. The first-order valence-electron chi connectivity index (χ1n) is 9.53. The summed E-state index contributed by atoms with van der Waals surface area (Å²) in [6, 6.07) is 1.28. The number of rotatable bonds is 4. The Kier molecular flexibility index (Phi) is 4.28. The Hall–Kier alpha value is -1.65. The van der Waals surface area contributed by atoms with E-state index in [1.807, 2.05) is 22.6 Å². The lowest BCUT2D eigenvalue weighted by Crippen LogP contribution is -2.34. The van der Waals surface area contributed by atoms with Crippen LogP contribution in [0.2, 0.25) is 0 Å². The van der Waals surface area contributed by atoms with Gasteiger partial charge in [0.05, 0.1) is 24.5 Å². The maximum absolute atomic E-state index is 13.6. The second kappa shape index (κ2) is 6.42. The number of imidazole rings is 1. The van der Waals surface area contributed by atoms with E-state index in [0.717, 1.165) is 0 Å². The van der Waals surface area contributed by atoms with E-state index in [0.29, 0.717) is 33.7 Å². The summed E-state index contributed by atoms with van der Waals surface area (Å²) in [4.78, 5) is 13.2. The Balaban J connectivity index is 1.50. The van der Waals surface area contributed by atoms with Gasteiger partial charge in [-0.1, -0.05) is 0 Å². The van der Waals surface area contributed by atoms with Crippen molar-refractivity contribution in [3.63, 3.8) is 0 Å². The lowest BCUT2D eigenvalue weighted by atomic mass is 9.96. The van der Waals surface area contributed by atoms with Crippen molar-refractivity contribution in [1.82, 2.24) is 19.5 Å². The number of aliphatic hydroxyl groups is 2. The zero-order valence-corrected chi connectivity index (χ0v) is 17.4. The van der Waals surface area contributed by atoms with Gasteiger partial charge in [-0.2, -0.15) is 5.26 Å². The molecule has 0 saturated heterocycles. The average Bonchev–Trinajstić information content (AvgIpc) is 2.92. The van der Waals surface area contributed by atoms with Crippen LogP contribution in [0.25, 0.3) is 11.2 Å². The molecule has 3 aliphatic rings. The molecule has 6 atom stereocenters. The molecule has 5 rings (SSSR count). The third-order valence-electron chi connectivity index (χ3n) is 6.72. The van der Waals surface area contributed by atoms with E-state index >= 15 is 0 Å². The monoisotopic (exact) mass is 516 g/mol. The Morgan fingerprint density at radius 3 is 2.83 bits per heavy atom. The molecular weight excluding hydrogens is 497 g/mol. The molecule has 3 aliphatic carbocycles. The number of nitrogens with one attached hydrogen (secondary N) is 1. The number of aromatic nitrogens is 4. The van der Waals surface area contributed by atoms with Crippen molar-refractivity contribution in [2.24, 2.45) is 11.3 Å². The number of alkyl halides is 2. The molecule has 3 saturated carbocycles. The number of hydrogen-bond donors (Lipinski definition) is 3. The topological polar surface area (TPSA) is 120 Å². The maximum atomic E-state index is 13.6. The van der Waals surface area contributed by atoms with Crippen LogP contribution in [0.5, 0.6) is 0 Å². The molecule has 0 spiro atoms. The van der Waals surface area contributed by atoms with Crippen LogP contribution >= 0.6 is 22.6 Å². The molecule has 0 bridgehead atoms. The molecule has 154 valence electrons. The van der Waals surface area contributed by atoms with Gasteiger partial charge < -0.3 is 20.1 Å². The van der Waals surface area contributed by atoms with Crippen molar-refractivity contribution < 1.29 is 19.0 Å². The molecule has 11 heteroatoms. The van der Waals surface area contributed by atoms with Crippen molar-refractivity contribution in [3.05, 3.63) is 10.2 Å². The Morgan fingerprint density at radius 1 is 1.34 bits per heavy atom. The predicted molar refractivity (Wildman–Crippen MR) is 106 cm³/mol. The SMILES string of the molecule is N#CC[C@@]12C[C@@H]1[C@@H](n1cnc3c(N[C@@H]4CCC(F)(F)C4)nc(I)nc31)[C@H](O)[C@@H]2O. The molecule has 0 aromatic carbocycles. The van der Waals surface area contributed by atoms with Crippen LogP contribution < -0.4 is 5.32 Å². The van der Waals surface area contributed by atoms with E-state index < -0.39 is 35.6 Å². The van der Waals surface area contributed by atoms with Gasteiger partial charge in [-0.15, -0.1) is 0 Å². The highest BCUT2D eigenvalue weighted by molar-refractivity contribution is 14.1. The van der Waals surface area contributed by atoms with Crippen molar-refractivity contribution in [2.75, 3.05) is 5.32 Å². The first-order valence-corrected chi connectivity index (χ1v) is 10.6. The van der Waals surface area contributed by atoms with Gasteiger partial charge >= 0.3 is 0 Å². The van der Waals surface area contributed by atoms with Crippen LogP contribution in [-0.2, 0) is 0 Å². The summed E-state index contributed by atoms with van der Waals surface area (Å²) in [7, 11) is 0. The van der Waals surface area contributed by atoms with Gasteiger partial charge in [0, 0.05) is 53.3 Å². The highest BCUT2D eigenvalue weighted by atomic mass is 127. The highest BCUT2D eigenvalue weighted by Gasteiger charge is 2.71. The summed E-state index contributed by atoms with van der Waals surface area (Å²) in [5.74, 6) is -2.31. The number of fused-ring (bicyclic) bond motifs is 2. The lowest BCUT2D eigenvalue weighted by Gasteiger charge is -2.23. The molecule has 8 nitrogen and oxygen atoms in total. The van der Waals surface area contributed by atoms with Crippen LogP contribution in [0.15, 0.2) is 6.33 Å². The molecule has 2 aromatic rings. The van der Waals surface area contributed by atoms with Crippen LogP contribution in [0.4, 0.5) is 14.6 Å². The number of halogens is 3. The minimum absolute atomic E-state index is 0.0397. The largest absolute Gasteiger partial charge is 0.390 e. The highest BCUT2D eigenvalue weighted by Crippen LogP contribution is 2.69. The summed E-state index contributed by atoms with van der Waals surface area (Å²) in [5, 5.41) is 33.4. The fourth-order valence-electron chi connectivity index (χ4n) is 5.21. The summed E-state index contributed by atoms with van der Waals surface area (Å²) in [6.45, 7) is 0. The summed E-state index contributed by atoms with van der Waals surface area (Å²) >= 11 is 1.96. The van der Waals surface area contributed by atoms with E-state index in [-0.39, 0.29) is 25.2 Å². The van der Waals surface area contributed by atoms with E-state index in [1.54, 1.807) is 10.9 Å². The molecule has 2 heterocycles. The van der Waals surface area contributed by atoms with Crippen LogP contribution in [-0.4, -0.2) is 53.9 Å². The summed E-state index contributed by atoms with van der Waals surface area (Å²) in [6.07, 6.45) is 0.335. The third kappa shape index (κ3) is 2.90.